The van der Waals surface area contributed by atoms with Gasteiger partial charge < -0.3 is 10.4 Å². The average molecular weight is 301 g/mol. The molecule has 2 rings (SSSR count). The highest BCUT2D eigenvalue weighted by atomic mass is 16.4. The van der Waals surface area contributed by atoms with Crippen LogP contribution < -0.4 is 5.32 Å². The van der Waals surface area contributed by atoms with Gasteiger partial charge in [-0.2, -0.15) is 5.10 Å². The summed E-state index contributed by atoms with van der Waals surface area (Å²) in [5, 5.41) is 15.9. The summed E-state index contributed by atoms with van der Waals surface area (Å²) in [6, 6.07) is 8.51. The standard InChI is InChI=1S/C16H19N3O3/c1-10(2)14(16(21)22)18-15(20)13-9-17-19(11(13)3)12-7-5-4-6-8-12/h4-10,14H,1-3H3,(H,18,20)(H,21,22). The minimum atomic E-state index is -1.04. The van der Waals surface area contributed by atoms with Crippen LogP contribution in [0.3, 0.4) is 0 Å². The van der Waals surface area contributed by atoms with Crippen LogP contribution in [0, 0.1) is 12.8 Å². The van der Waals surface area contributed by atoms with Gasteiger partial charge in [0, 0.05) is 0 Å². The molecule has 0 saturated carbocycles. The molecule has 2 aromatic rings. The van der Waals surface area contributed by atoms with E-state index in [1.54, 1.807) is 25.5 Å². The highest BCUT2D eigenvalue weighted by Gasteiger charge is 2.25. The van der Waals surface area contributed by atoms with Crippen molar-refractivity contribution in [2.75, 3.05) is 0 Å². The van der Waals surface area contributed by atoms with Gasteiger partial charge in [0.25, 0.3) is 5.91 Å². The van der Waals surface area contributed by atoms with Crippen molar-refractivity contribution in [2.45, 2.75) is 26.8 Å². The number of hydrogen-bond donors (Lipinski definition) is 2. The molecule has 0 radical (unpaired) electrons. The van der Waals surface area contributed by atoms with Gasteiger partial charge in [-0.25, -0.2) is 9.48 Å². The van der Waals surface area contributed by atoms with Crippen molar-refractivity contribution in [1.29, 1.82) is 0 Å². The normalized spacial score (nSPS) is 12.2. The Hall–Kier alpha value is -2.63. The maximum atomic E-state index is 12.3. The molecule has 116 valence electrons. The molecule has 1 heterocycles. The van der Waals surface area contributed by atoms with E-state index in [1.165, 1.54) is 6.20 Å². The Labute approximate surface area is 128 Å². The number of para-hydroxylation sites is 1. The van der Waals surface area contributed by atoms with E-state index in [-0.39, 0.29) is 5.92 Å². The molecule has 6 heteroatoms. The number of aliphatic carboxylic acids is 1. The van der Waals surface area contributed by atoms with E-state index in [9.17, 15) is 9.59 Å². The lowest BCUT2D eigenvalue weighted by molar-refractivity contribution is -0.140. The summed E-state index contributed by atoms with van der Waals surface area (Å²) in [5.74, 6) is -1.68. The van der Waals surface area contributed by atoms with E-state index in [0.29, 0.717) is 11.3 Å². The van der Waals surface area contributed by atoms with Gasteiger partial charge in [0.15, 0.2) is 0 Å². The SMILES string of the molecule is Cc1c(C(=O)NC(C(=O)O)C(C)C)cnn1-c1ccccc1. The maximum absolute atomic E-state index is 12.3. The molecule has 1 aromatic heterocycles. The van der Waals surface area contributed by atoms with Crippen LogP contribution in [0.25, 0.3) is 5.69 Å². The summed E-state index contributed by atoms with van der Waals surface area (Å²) in [7, 11) is 0. The number of rotatable bonds is 5. The molecule has 0 bridgehead atoms. The van der Waals surface area contributed by atoms with Gasteiger partial charge in [0.1, 0.15) is 6.04 Å². The Morgan fingerprint density at radius 1 is 1.23 bits per heavy atom. The number of amides is 1. The molecular weight excluding hydrogens is 282 g/mol. The fourth-order valence-corrected chi connectivity index (χ4v) is 2.19. The molecule has 0 aliphatic heterocycles. The van der Waals surface area contributed by atoms with Crippen LogP contribution in [0.1, 0.15) is 29.9 Å². The van der Waals surface area contributed by atoms with Gasteiger partial charge in [-0.05, 0) is 25.0 Å². The predicted molar refractivity (Wildman–Crippen MR) is 82.0 cm³/mol. The van der Waals surface area contributed by atoms with Crippen LogP contribution >= 0.6 is 0 Å². The van der Waals surface area contributed by atoms with E-state index >= 15 is 0 Å². The van der Waals surface area contributed by atoms with Gasteiger partial charge in [-0.15, -0.1) is 0 Å². The third kappa shape index (κ3) is 3.16. The zero-order valence-electron chi connectivity index (χ0n) is 12.8. The fraction of sp³-hybridized carbons (Fsp3) is 0.312. The third-order valence-electron chi connectivity index (χ3n) is 3.47. The van der Waals surface area contributed by atoms with Crippen molar-refractivity contribution in [1.82, 2.24) is 15.1 Å². The summed E-state index contributed by atoms with van der Waals surface area (Å²) < 4.78 is 1.65. The second-order valence-corrected chi connectivity index (χ2v) is 5.42. The smallest absolute Gasteiger partial charge is 0.326 e. The molecule has 0 aliphatic carbocycles. The van der Waals surface area contributed by atoms with Crippen LogP contribution in [0.15, 0.2) is 36.5 Å². The summed E-state index contributed by atoms with van der Waals surface area (Å²) in [4.78, 5) is 23.5. The molecule has 2 N–H and O–H groups in total. The zero-order valence-corrected chi connectivity index (χ0v) is 12.8. The second kappa shape index (κ2) is 6.43. The summed E-state index contributed by atoms with van der Waals surface area (Å²) in [6.07, 6.45) is 1.46. The minimum absolute atomic E-state index is 0.203. The monoisotopic (exact) mass is 301 g/mol. The molecule has 22 heavy (non-hydrogen) atoms. The number of hydrogen-bond acceptors (Lipinski definition) is 3. The van der Waals surface area contributed by atoms with Crippen molar-refractivity contribution < 1.29 is 14.7 Å². The van der Waals surface area contributed by atoms with E-state index in [4.69, 9.17) is 5.11 Å². The number of benzene rings is 1. The molecule has 1 atom stereocenters. The van der Waals surface area contributed by atoms with E-state index in [2.05, 4.69) is 10.4 Å². The van der Waals surface area contributed by atoms with Crippen molar-refractivity contribution in [3.8, 4) is 5.69 Å². The lowest BCUT2D eigenvalue weighted by atomic mass is 10.0. The second-order valence-electron chi connectivity index (χ2n) is 5.42. The Balaban J connectivity index is 2.25. The maximum Gasteiger partial charge on any atom is 0.326 e. The number of carbonyl (C=O) groups excluding carboxylic acids is 1. The highest BCUT2D eigenvalue weighted by Crippen LogP contribution is 2.14. The van der Waals surface area contributed by atoms with Gasteiger partial charge in [-0.3, -0.25) is 4.79 Å². The number of carboxylic acids is 1. The Morgan fingerprint density at radius 3 is 2.41 bits per heavy atom. The largest absolute Gasteiger partial charge is 0.480 e. The first-order chi connectivity index (χ1) is 10.4. The molecule has 0 spiro atoms. The summed E-state index contributed by atoms with van der Waals surface area (Å²) in [6.45, 7) is 5.28. The van der Waals surface area contributed by atoms with E-state index in [0.717, 1.165) is 5.69 Å². The highest BCUT2D eigenvalue weighted by molar-refractivity contribution is 5.97. The van der Waals surface area contributed by atoms with E-state index in [1.807, 2.05) is 30.3 Å². The van der Waals surface area contributed by atoms with Crippen molar-refractivity contribution in [3.63, 3.8) is 0 Å². The van der Waals surface area contributed by atoms with Gasteiger partial charge >= 0.3 is 5.97 Å². The number of nitrogens with one attached hydrogen (secondary N) is 1. The lowest BCUT2D eigenvalue weighted by Crippen LogP contribution is -2.44. The van der Waals surface area contributed by atoms with Gasteiger partial charge in [-0.1, -0.05) is 32.0 Å². The first kappa shape index (κ1) is 15.8. The molecule has 0 aliphatic rings. The Bertz CT molecular complexity index is 677. The van der Waals surface area contributed by atoms with Crippen LogP contribution in [-0.4, -0.2) is 32.8 Å². The molecule has 1 unspecified atom stereocenters. The first-order valence-electron chi connectivity index (χ1n) is 7.05. The quantitative estimate of drug-likeness (QED) is 0.885. The molecule has 1 aromatic carbocycles. The van der Waals surface area contributed by atoms with Gasteiger partial charge in [0.2, 0.25) is 0 Å². The molecule has 0 fully saturated rings. The number of aromatic nitrogens is 2. The lowest BCUT2D eigenvalue weighted by Gasteiger charge is -2.17. The van der Waals surface area contributed by atoms with Crippen molar-refractivity contribution in [2.24, 2.45) is 5.92 Å². The minimum Gasteiger partial charge on any atom is -0.480 e. The molecule has 0 saturated heterocycles. The van der Waals surface area contributed by atoms with E-state index < -0.39 is 17.9 Å². The molecular formula is C16H19N3O3. The van der Waals surface area contributed by atoms with Crippen molar-refractivity contribution >= 4 is 11.9 Å². The summed E-state index contributed by atoms with van der Waals surface area (Å²) >= 11 is 0. The topological polar surface area (TPSA) is 84.2 Å². The molecule has 6 nitrogen and oxygen atoms in total. The average Bonchev–Trinajstić information content (AvgIpc) is 2.86. The number of carbonyl (C=O) groups is 2. The predicted octanol–water partition coefficient (Wildman–Crippen LogP) is 2.02. The zero-order chi connectivity index (χ0) is 16.3. The fourth-order valence-electron chi connectivity index (χ4n) is 2.19. The van der Waals surface area contributed by atoms with Crippen LogP contribution in [0.2, 0.25) is 0 Å². The van der Waals surface area contributed by atoms with Crippen molar-refractivity contribution in [3.05, 3.63) is 47.8 Å². The van der Waals surface area contributed by atoms with Crippen LogP contribution in [0.5, 0.6) is 0 Å². The van der Waals surface area contributed by atoms with Crippen LogP contribution in [0.4, 0.5) is 0 Å². The third-order valence-corrected chi connectivity index (χ3v) is 3.47. The van der Waals surface area contributed by atoms with Gasteiger partial charge in [0.05, 0.1) is 23.1 Å². The first-order valence-corrected chi connectivity index (χ1v) is 7.05. The summed E-state index contributed by atoms with van der Waals surface area (Å²) in [5.41, 5.74) is 1.88. The number of carboxylic acid groups (broad SMARTS) is 1. The Morgan fingerprint density at radius 2 is 1.86 bits per heavy atom. The number of nitrogens with zero attached hydrogens (tertiary/aromatic N) is 2. The Kier molecular flexibility index (Phi) is 4.60. The molecule has 1 amide bonds. The van der Waals surface area contributed by atoms with Crippen LogP contribution in [-0.2, 0) is 4.79 Å².